The Kier molecular flexibility index (Phi) is 5.04. The van der Waals surface area contributed by atoms with Crippen LogP contribution in [0.3, 0.4) is 0 Å². The first-order chi connectivity index (χ1) is 14.8. The number of anilines is 1. The van der Waals surface area contributed by atoms with E-state index < -0.39 is 17.8 Å². The Morgan fingerprint density at radius 1 is 1.19 bits per heavy atom. The molecule has 11 heteroatoms. The smallest absolute Gasteiger partial charge is 0.303 e. The van der Waals surface area contributed by atoms with E-state index in [4.69, 9.17) is 0 Å². The van der Waals surface area contributed by atoms with Crippen molar-refractivity contribution in [1.29, 1.82) is 5.26 Å². The molecule has 8 nitrogen and oxygen atoms in total. The van der Waals surface area contributed by atoms with Crippen LogP contribution in [0.1, 0.15) is 27.3 Å². The number of aromatic nitrogens is 5. The van der Waals surface area contributed by atoms with Crippen molar-refractivity contribution in [3.05, 3.63) is 77.4 Å². The van der Waals surface area contributed by atoms with Crippen molar-refractivity contribution in [2.24, 2.45) is 0 Å². The molecule has 0 aliphatic rings. The minimum atomic E-state index is -4.53. The van der Waals surface area contributed by atoms with Crippen LogP contribution >= 0.6 is 0 Å². The Hall–Kier alpha value is -4.33. The Labute approximate surface area is 173 Å². The molecule has 0 fully saturated rings. The van der Waals surface area contributed by atoms with E-state index >= 15 is 0 Å². The molecule has 0 bridgehead atoms. The molecule has 31 heavy (non-hydrogen) atoms. The number of amides is 1. The van der Waals surface area contributed by atoms with Crippen molar-refractivity contribution in [3.8, 4) is 6.07 Å². The maximum absolute atomic E-state index is 12.7. The van der Waals surface area contributed by atoms with Gasteiger partial charge in [0.05, 0.1) is 23.7 Å². The summed E-state index contributed by atoms with van der Waals surface area (Å²) >= 11 is 0. The van der Waals surface area contributed by atoms with Gasteiger partial charge in [0.25, 0.3) is 5.91 Å². The molecule has 1 aromatic carbocycles. The van der Waals surface area contributed by atoms with Gasteiger partial charge in [-0.05, 0) is 42.0 Å². The van der Waals surface area contributed by atoms with Crippen LogP contribution in [0.2, 0.25) is 0 Å². The lowest BCUT2D eigenvalue weighted by atomic mass is 10.1. The third-order valence-corrected chi connectivity index (χ3v) is 4.36. The molecular weight excluding hydrogens is 411 g/mol. The summed E-state index contributed by atoms with van der Waals surface area (Å²) in [7, 11) is 0. The van der Waals surface area contributed by atoms with Crippen molar-refractivity contribution in [3.63, 3.8) is 0 Å². The van der Waals surface area contributed by atoms with E-state index in [1.165, 1.54) is 23.0 Å². The SMILES string of the molecule is N#Cc1ccc2c(c1)c(NC(=O)c1cccnn1)nn2Cc1ccc(C(F)(F)F)nc1. The van der Waals surface area contributed by atoms with Crippen molar-refractivity contribution in [2.75, 3.05) is 5.32 Å². The van der Waals surface area contributed by atoms with Crippen LogP contribution in [0.15, 0.2) is 54.9 Å². The number of benzene rings is 1. The number of halogens is 3. The second-order valence-electron chi connectivity index (χ2n) is 6.46. The average molecular weight is 423 g/mol. The molecule has 3 heterocycles. The van der Waals surface area contributed by atoms with Gasteiger partial charge in [-0.1, -0.05) is 6.07 Å². The van der Waals surface area contributed by atoms with Crippen LogP contribution in [0, 0.1) is 11.3 Å². The molecule has 0 aliphatic carbocycles. The van der Waals surface area contributed by atoms with Crippen LogP contribution in [0.4, 0.5) is 19.0 Å². The number of alkyl halides is 3. The summed E-state index contributed by atoms with van der Waals surface area (Å²) in [6.07, 6.45) is -1.97. The van der Waals surface area contributed by atoms with Crippen molar-refractivity contribution in [2.45, 2.75) is 12.7 Å². The van der Waals surface area contributed by atoms with Crippen molar-refractivity contribution < 1.29 is 18.0 Å². The predicted molar refractivity (Wildman–Crippen MR) is 103 cm³/mol. The van der Waals surface area contributed by atoms with Gasteiger partial charge in [0.1, 0.15) is 5.69 Å². The third-order valence-electron chi connectivity index (χ3n) is 4.36. The zero-order valence-corrected chi connectivity index (χ0v) is 15.6. The summed E-state index contributed by atoms with van der Waals surface area (Å²) in [5.41, 5.74) is 0.505. The van der Waals surface area contributed by atoms with Crippen molar-refractivity contribution >= 4 is 22.6 Å². The first-order valence-electron chi connectivity index (χ1n) is 8.87. The lowest BCUT2D eigenvalue weighted by molar-refractivity contribution is -0.141. The molecule has 4 rings (SSSR count). The first kappa shape index (κ1) is 20.0. The molecule has 0 radical (unpaired) electrons. The molecule has 0 unspecified atom stereocenters. The van der Waals surface area contributed by atoms with Crippen LogP contribution in [-0.2, 0) is 12.7 Å². The van der Waals surface area contributed by atoms with E-state index in [0.717, 1.165) is 12.3 Å². The average Bonchev–Trinajstić information content (AvgIpc) is 3.10. The molecule has 0 saturated heterocycles. The van der Waals surface area contributed by atoms with Gasteiger partial charge in [0, 0.05) is 17.8 Å². The van der Waals surface area contributed by atoms with Gasteiger partial charge in [-0.2, -0.15) is 28.6 Å². The number of fused-ring (bicyclic) bond motifs is 1. The minimum absolute atomic E-state index is 0.0774. The zero-order valence-electron chi connectivity index (χ0n) is 15.6. The summed E-state index contributed by atoms with van der Waals surface area (Å²) in [6.45, 7) is 0.106. The molecule has 0 saturated carbocycles. The number of nitriles is 1. The fourth-order valence-electron chi connectivity index (χ4n) is 2.91. The number of hydrogen-bond acceptors (Lipinski definition) is 6. The van der Waals surface area contributed by atoms with Crippen molar-refractivity contribution in [1.82, 2.24) is 25.0 Å². The van der Waals surface area contributed by atoms with E-state index in [1.54, 1.807) is 24.3 Å². The van der Waals surface area contributed by atoms with E-state index in [0.29, 0.717) is 22.0 Å². The standard InChI is InChI=1S/C20H12F3N7O/c21-20(22,23)17-6-4-13(10-25-17)11-30-16-5-3-12(9-24)8-14(16)18(29-30)27-19(31)15-2-1-7-26-28-15/h1-8,10H,11H2,(H,27,29,31). The van der Waals surface area contributed by atoms with E-state index in [1.807, 2.05) is 6.07 Å². The van der Waals surface area contributed by atoms with Gasteiger partial charge < -0.3 is 5.32 Å². The van der Waals surface area contributed by atoms with Gasteiger partial charge in [-0.25, -0.2) is 0 Å². The summed E-state index contributed by atoms with van der Waals surface area (Å²) < 4.78 is 39.7. The number of nitrogens with zero attached hydrogens (tertiary/aromatic N) is 6. The number of hydrogen-bond donors (Lipinski definition) is 1. The molecule has 154 valence electrons. The summed E-state index contributed by atoms with van der Waals surface area (Å²) in [4.78, 5) is 15.9. The largest absolute Gasteiger partial charge is 0.433 e. The molecule has 1 N–H and O–H groups in total. The number of nitrogens with one attached hydrogen (secondary N) is 1. The zero-order chi connectivity index (χ0) is 22.0. The maximum atomic E-state index is 12.7. The molecule has 3 aromatic heterocycles. The van der Waals surface area contributed by atoms with E-state index in [2.05, 4.69) is 25.6 Å². The van der Waals surface area contributed by atoms with Crippen LogP contribution in [0.5, 0.6) is 0 Å². The van der Waals surface area contributed by atoms with E-state index in [9.17, 15) is 23.2 Å². The predicted octanol–water partition coefficient (Wildman–Crippen LogP) is 3.41. The Balaban J connectivity index is 1.69. The highest BCUT2D eigenvalue weighted by molar-refractivity contribution is 6.07. The van der Waals surface area contributed by atoms with Crippen LogP contribution in [0.25, 0.3) is 10.9 Å². The highest BCUT2D eigenvalue weighted by Crippen LogP contribution is 2.28. The van der Waals surface area contributed by atoms with Gasteiger partial charge >= 0.3 is 6.18 Å². The second-order valence-corrected chi connectivity index (χ2v) is 6.46. The van der Waals surface area contributed by atoms with Crippen LogP contribution < -0.4 is 5.32 Å². The van der Waals surface area contributed by atoms with Gasteiger partial charge in [0.15, 0.2) is 11.5 Å². The quantitative estimate of drug-likeness (QED) is 0.539. The minimum Gasteiger partial charge on any atom is -0.303 e. The number of carbonyl (C=O) groups is 1. The number of carbonyl (C=O) groups excluding carboxylic acids is 1. The fraction of sp³-hybridized carbons (Fsp3) is 0.100. The van der Waals surface area contributed by atoms with Gasteiger partial charge in [-0.15, -0.1) is 5.10 Å². The Morgan fingerprint density at radius 3 is 2.68 bits per heavy atom. The summed E-state index contributed by atoms with van der Waals surface area (Å²) in [5.74, 6) is -0.360. The fourth-order valence-corrected chi connectivity index (χ4v) is 2.91. The first-order valence-corrected chi connectivity index (χ1v) is 8.87. The van der Waals surface area contributed by atoms with Gasteiger partial charge in [0.2, 0.25) is 0 Å². The number of pyridine rings is 1. The summed E-state index contributed by atoms with van der Waals surface area (Å²) in [5, 5.41) is 24.1. The molecule has 0 aliphatic heterocycles. The lowest BCUT2D eigenvalue weighted by Gasteiger charge is -2.07. The van der Waals surface area contributed by atoms with E-state index in [-0.39, 0.29) is 18.1 Å². The third kappa shape index (κ3) is 4.18. The molecule has 0 spiro atoms. The maximum Gasteiger partial charge on any atom is 0.433 e. The van der Waals surface area contributed by atoms with Gasteiger partial charge in [-0.3, -0.25) is 14.5 Å². The molecular formula is C20H12F3N7O. The lowest BCUT2D eigenvalue weighted by Crippen LogP contribution is -2.15. The number of rotatable bonds is 4. The molecule has 1 amide bonds. The molecule has 4 aromatic rings. The monoisotopic (exact) mass is 423 g/mol. The summed E-state index contributed by atoms with van der Waals surface area (Å²) in [6, 6.07) is 12.1. The highest BCUT2D eigenvalue weighted by Gasteiger charge is 2.32. The Bertz CT molecular complexity index is 1290. The highest BCUT2D eigenvalue weighted by atomic mass is 19.4. The molecule has 0 atom stereocenters. The van der Waals surface area contributed by atoms with Crippen LogP contribution in [-0.4, -0.2) is 30.9 Å². The normalized spacial score (nSPS) is 11.3. The Morgan fingerprint density at radius 2 is 2.03 bits per heavy atom. The second kappa shape index (κ2) is 7.83. The topological polar surface area (TPSA) is 109 Å².